The van der Waals surface area contributed by atoms with E-state index in [1.807, 2.05) is 36.4 Å². The van der Waals surface area contributed by atoms with Gasteiger partial charge in [0.25, 0.3) is 0 Å². The number of hydrogen-bond donors (Lipinski definition) is 1. The van der Waals surface area contributed by atoms with Crippen molar-refractivity contribution in [2.75, 3.05) is 5.73 Å². The van der Waals surface area contributed by atoms with E-state index in [4.69, 9.17) is 15.4 Å². The first kappa shape index (κ1) is 8.39. The topological polar surface area (TPSA) is 63.0 Å². The Morgan fingerprint density at radius 2 is 1.93 bits per heavy atom. The van der Waals surface area contributed by atoms with Crippen LogP contribution in [-0.2, 0) is 0 Å². The molecule has 0 aliphatic carbocycles. The van der Waals surface area contributed by atoms with Gasteiger partial charge in [-0.3, -0.25) is 0 Å². The van der Waals surface area contributed by atoms with E-state index in [9.17, 15) is 0 Å². The Hall–Kier alpha value is -2.21. The van der Waals surface area contributed by atoms with Crippen LogP contribution in [0.3, 0.4) is 0 Å². The summed E-state index contributed by atoms with van der Waals surface area (Å²) in [6.45, 7) is 0. The highest BCUT2D eigenvalue weighted by molar-refractivity contribution is 5.63. The fourth-order valence-corrected chi connectivity index (χ4v) is 1.24. The molecule has 0 unspecified atom stereocenters. The zero-order chi connectivity index (χ0) is 9.97. The second kappa shape index (κ2) is 3.27. The highest BCUT2D eigenvalue weighted by atomic mass is 16.4. The highest BCUT2D eigenvalue weighted by Crippen LogP contribution is 2.26. The van der Waals surface area contributed by atoms with Crippen LogP contribution in [-0.4, -0.2) is 0 Å². The first-order valence-corrected chi connectivity index (χ1v) is 4.16. The summed E-state index contributed by atoms with van der Waals surface area (Å²) in [6.07, 6.45) is 0. The Balaban J connectivity index is 2.50. The lowest BCUT2D eigenvalue weighted by Gasteiger charge is -1.93. The predicted molar refractivity (Wildman–Crippen MR) is 53.3 cm³/mol. The van der Waals surface area contributed by atoms with Crippen molar-refractivity contribution < 1.29 is 4.42 Å². The molecule has 1 heterocycles. The molecule has 0 aliphatic heterocycles. The first-order chi connectivity index (χ1) is 6.81. The summed E-state index contributed by atoms with van der Waals surface area (Å²) in [6, 6.07) is 13.1. The van der Waals surface area contributed by atoms with Crippen LogP contribution < -0.4 is 5.73 Å². The molecule has 2 rings (SSSR count). The number of hydrogen-bond acceptors (Lipinski definition) is 3. The van der Waals surface area contributed by atoms with Gasteiger partial charge in [-0.1, -0.05) is 30.3 Å². The van der Waals surface area contributed by atoms with E-state index in [0.717, 1.165) is 5.56 Å². The lowest BCUT2D eigenvalue weighted by molar-refractivity contribution is 0.602. The van der Waals surface area contributed by atoms with Crippen molar-refractivity contribution in [1.82, 2.24) is 0 Å². The quantitative estimate of drug-likeness (QED) is 0.740. The van der Waals surface area contributed by atoms with Gasteiger partial charge in [-0.2, -0.15) is 5.26 Å². The van der Waals surface area contributed by atoms with Gasteiger partial charge in [0.05, 0.1) is 0 Å². The van der Waals surface area contributed by atoms with Crippen molar-refractivity contribution >= 4 is 5.88 Å². The smallest absolute Gasteiger partial charge is 0.208 e. The second-order valence-corrected chi connectivity index (χ2v) is 2.87. The summed E-state index contributed by atoms with van der Waals surface area (Å²) in [5, 5.41) is 8.69. The molecule has 3 heteroatoms. The third-order valence-corrected chi connectivity index (χ3v) is 1.94. The summed E-state index contributed by atoms with van der Waals surface area (Å²) >= 11 is 0. The van der Waals surface area contributed by atoms with Gasteiger partial charge in [0.15, 0.2) is 0 Å². The van der Waals surface area contributed by atoms with Gasteiger partial charge in [0.1, 0.15) is 17.4 Å². The Labute approximate surface area is 81.4 Å². The molecule has 1 aromatic carbocycles. The lowest BCUT2D eigenvalue weighted by atomic mass is 10.1. The fraction of sp³-hybridized carbons (Fsp3) is 0. The molecule has 3 nitrogen and oxygen atoms in total. The van der Waals surface area contributed by atoms with Crippen molar-refractivity contribution in [3.63, 3.8) is 0 Å². The molecule has 0 spiro atoms. The molecule has 0 radical (unpaired) electrons. The highest BCUT2D eigenvalue weighted by Gasteiger charge is 2.08. The van der Waals surface area contributed by atoms with Crippen molar-refractivity contribution in [2.24, 2.45) is 0 Å². The van der Waals surface area contributed by atoms with E-state index < -0.39 is 0 Å². The van der Waals surface area contributed by atoms with Gasteiger partial charge in [-0.25, -0.2) is 0 Å². The van der Waals surface area contributed by atoms with Crippen LogP contribution in [0.25, 0.3) is 11.3 Å². The van der Waals surface area contributed by atoms with Crippen LogP contribution in [0.2, 0.25) is 0 Å². The SMILES string of the molecule is N#Cc1cc(-c2ccccc2)oc1N. The van der Waals surface area contributed by atoms with Crippen molar-refractivity contribution in [2.45, 2.75) is 0 Å². The molecule has 0 saturated carbocycles. The van der Waals surface area contributed by atoms with Gasteiger partial charge in [0, 0.05) is 11.6 Å². The molecule has 2 aromatic rings. The third kappa shape index (κ3) is 1.34. The minimum atomic E-state index is 0.173. The van der Waals surface area contributed by atoms with Crippen LogP contribution >= 0.6 is 0 Å². The zero-order valence-corrected chi connectivity index (χ0v) is 7.40. The summed E-state index contributed by atoms with van der Waals surface area (Å²) < 4.78 is 5.25. The Bertz CT molecular complexity index is 480. The van der Waals surface area contributed by atoms with Gasteiger partial charge >= 0.3 is 0 Å². The maximum Gasteiger partial charge on any atom is 0.208 e. The van der Waals surface area contributed by atoms with Crippen molar-refractivity contribution in [3.05, 3.63) is 42.0 Å². The Morgan fingerprint density at radius 3 is 2.50 bits per heavy atom. The van der Waals surface area contributed by atoms with Gasteiger partial charge in [0.2, 0.25) is 5.88 Å². The maximum absolute atomic E-state index is 8.69. The molecule has 0 atom stereocenters. The zero-order valence-electron chi connectivity index (χ0n) is 7.40. The van der Waals surface area contributed by atoms with Gasteiger partial charge in [-0.05, 0) is 0 Å². The molecule has 1 aromatic heterocycles. The van der Waals surface area contributed by atoms with Crippen LogP contribution in [0.4, 0.5) is 5.88 Å². The summed E-state index contributed by atoms with van der Waals surface area (Å²) in [5.74, 6) is 0.797. The van der Waals surface area contributed by atoms with E-state index in [1.165, 1.54) is 0 Å². The average molecular weight is 184 g/mol. The number of nitrogens with two attached hydrogens (primary N) is 1. The van der Waals surface area contributed by atoms with E-state index in [2.05, 4.69) is 0 Å². The molecule has 0 fully saturated rings. The first-order valence-electron chi connectivity index (χ1n) is 4.16. The second-order valence-electron chi connectivity index (χ2n) is 2.87. The Kier molecular flexibility index (Phi) is 1.96. The summed E-state index contributed by atoms with van der Waals surface area (Å²) in [7, 11) is 0. The molecule has 2 N–H and O–H groups in total. The molecule has 0 saturated heterocycles. The molecular formula is C11H8N2O. The number of benzene rings is 1. The number of anilines is 1. The van der Waals surface area contributed by atoms with Crippen LogP contribution in [0.15, 0.2) is 40.8 Å². The number of nitrogens with zero attached hydrogens (tertiary/aromatic N) is 1. The molecule has 14 heavy (non-hydrogen) atoms. The monoisotopic (exact) mass is 184 g/mol. The predicted octanol–water partition coefficient (Wildman–Crippen LogP) is 2.40. The summed E-state index contributed by atoms with van der Waals surface area (Å²) in [5.41, 5.74) is 6.80. The molecular weight excluding hydrogens is 176 g/mol. The van der Waals surface area contributed by atoms with Gasteiger partial charge in [-0.15, -0.1) is 0 Å². The Morgan fingerprint density at radius 1 is 1.21 bits per heavy atom. The average Bonchev–Trinajstić information content (AvgIpc) is 2.61. The number of nitrogen functional groups attached to an aromatic ring is 1. The lowest BCUT2D eigenvalue weighted by Crippen LogP contribution is -1.82. The van der Waals surface area contributed by atoms with Crippen LogP contribution in [0.1, 0.15) is 5.56 Å². The van der Waals surface area contributed by atoms with Gasteiger partial charge < -0.3 is 10.2 Å². The van der Waals surface area contributed by atoms with Crippen LogP contribution in [0, 0.1) is 11.3 Å². The maximum atomic E-state index is 8.69. The van der Waals surface area contributed by atoms with Crippen molar-refractivity contribution in [1.29, 1.82) is 5.26 Å². The number of rotatable bonds is 1. The minimum absolute atomic E-state index is 0.173. The van der Waals surface area contributed by atoms with E-state index in [1.54, 1.807) is 6.07 Å². The van der Waals surface area contributed by atoms with E-state index >= 15 is 0 Å². The van der Waals surface area contributed by atoms with E-state index in [0.29, 0.717) is 11.3 Å². The third-order valence-electron chi connectivity index (χ3n) is 1.94. The molecule has 0 bridgehead atoms. The summed E-state index contributed by atoms with van der Waals surface area (Å²) in [4.78, 5) is 0. The van der Waals surface area contributed by atoms with Crippen molar-refractivity contribution in [3.8, 4) is 17.4 Å². The molecule has 0 aliphatic rings. The number of nitriles is 1. The molecule has 68 valence electrons. The number of furan rings is 1. The molecule has 0 amide bonds. The standard InChI is InChI=1S/C11H8N2O/c12-7-9-6-10(14-11(9)13)8-4-2-1-3-5-8/h1-6H,13H2. The normalized spacial score (nSPS) is 9.64. The largest absolute Gasteiger partial charge is 0.440 e. The fourth-order valence-electron chi connectivity index (χ4n) is 1.24. The van der Waals surface area contributed by atoms with E-state index in [-0.39, 0.29) is 5.88 Å². The minimum Gasteiger partial charge on any atom is -0.440 e. The van der Waals surface area contributed by atoms with Crippen LogP contribution in [0.5, 0.6) is 0 Å².